The van der Waals surface area contributed by atoms with Gasteiger partial charge in [0.05, 0.1) is 18.1 Å². The molecule has 29 heavy (non-hydrogen) atoms. The number of nitrogens with one attached hydrogen (secondary N) is 1. The summed E-state index contributed by atoms with van der Waals surface area (Å²) < 4.78 is 38.1. The monoisotopic (exact) mass is 433 g/mol. The Labute approximate surface area is 171 Å². The molecule has 1 amide bonds. The predicted molar refractivity (Wildman–Crippen MR) is 105 cm³/mol. The van der Waals surface area contributed by atoms with Gasteiger partial charge in [-0.1, -0.05) is 11.6 Å². The van der Waals surface area contributed by atoms with Gasteiger partial charge in [-0.05, 0) is 31.9 Å². The molecule has 11 heteroatoms. The smallest absolute Gasteiger partial charge is 0.389 e. The van der Waals surface area contributed by atoms with E-state index in [-0.39, 0.29) is 29.6 Å². The van der Waals surface area contributed by atoms with Crippen LogP contribution in [0.1, 0.15) is 32.6 Å². The van der Waals surface area contributed by atoms with Crippen molar-refractivity contribution in [2.75, 3.05) is 18.6 Å². The maximum atomic E-state index is 12.5. The highest BCUT2D eigenvalue weighted by Gasteiger charge is 2.27. The van der Waals surface area contributed by atoms with Gasteiger partial charge < -0.3 is 15.4 Å². The van der Waals surface area contributed by atoms with Gasteiger partial charge in [0.15, 0.2) is 5.15 Å². The Hall–Kier alpha value is -2.46. The average molecular weight is 434 g/mol. The SMILES string of the molecule is CCN(C(=O)CCC(=N)CCC(F)(F)F)c1cn(-c2cccnc2)nc1Cl.CO. The van der Waals surface area contributed by atoms with E-state index in [9.17, 15) is 18.0 Å². The minimum absolute atomic E-state index is 0.0280. The van der Waals surface area contributed by atoms with E-state index in [0.29, 0.717) is 17.9 Å². The lowest BCUT2D eigenvalue weighted by atomic mass is 10.1. The molecule has 2 aromatic rings. The second-order valence-corrected chi connectivity index (χ2v) is 6.18. The molecule has 2 aromatic heterocycles. The van der Waals surface area contributed by atoms with Crippen molar-refractivity contribution in [3.05, 3.63) is 35.9 Å². The minimum atomic E-state index is -4.31. The number of amides is 1. The number of anilines is 1. The number of rotatable bonds is 8. The van der Waals surface area contributed by atoms with Crippen LogP contribution < -0.4 is 4.90 Å². The van der Waals surface area contributed by atoms with Crippen molar-refractivity contribution in [1.29, 1.82) is 5.41 Å². The number of pyridine rings is 1. The molecule has 2 heterocycles. The third kappa shape index (κ3) is 7.82. The molecule has 0 aromatic carbocycles. The quantitative estimate of drug-likeness (QED) is 0.614. The highest BCUT2D eigenvalue weighted by Crippen LogP contribution is 2.27. The molecule has 0 unspecified atom stereocenters. The normalized spacial score (nSPS) is 10.9. The number of halogens is 4. The van der Waals surface area contributed by atoms with Crippen molar-refractivity contribution >= 4 is 28.9 Å². The van der Waals surface area contributed by atoms with Crippen LogP contribution in [-0.4, -0.2) is 51.3 Å². The van der Waals surface area contributed by atoms with E-state index >= 15 is 0 Å². The molecule has 0 atom stereocenters. The predicted octanol–water partition coefficient (Wildman–Crippen LogP) is 4.02. The van der Waals surface area contributed by atoms with Crippen molar-refractivity contribution in [2.45, 2.75) is 38.8 Å². The number of aliphatic hydroxyl groups is 1. The summed E-state index contributed by atoms with van der Waals surface area (Å²) in [5.74, 6) is -0.332. The summed E-state index contributed by atoms with van der Waals surface area (Å²) in [6, 6.07) is 3.51. The largest absolute Gasteiger partial charge is 0.400 e. The first-order chi connectivity index (χ1) is 13.7. The lowest BCUT2D eigenvalue weighted by molar-refractivity contribution is -0.132. The maximum Gasteiger partial charge on any atom is 0.389 e. The highest BCUT2D eigenvalue weighted by atomic mass is 35.5. The van der Waals surface area contributed by atoms with E-state index in [4.69, 9.17) is 22.1 Å². The zero-order valence-corrected chi connectivity index (χ0v) is 16.8. The Morgan fingerprint density at radius 3 is 2.55 bits per heavy atom. The van der Waals surface area contributed by atoms with Gasteiger partial charge in [-0.2, -0.15) is 18.3 Å². The summed E-state index contributed by atoms with van der Waals surface area (Å²) in [4.78, 5) is 17.9. The Kier molecular flexibility index (Phi) is 9.76. The fourth-order valence-corrected chi connectivity index (χ4v) is 2.67. The van der Waals surface area contributed by atoms with Crippen LogP contribution in [-0.2, 0) is 4.79 Å². The van der Waals surface area contributed by atoms with Gasteiger partial charge >= 0.3 is 6.18 Å². The fraction of sp³-hybridized carbons (Fsp3) is 0.444. The Balaban J connectivity index is 0.00000204. The number of alkyl halides is 3. The van der Waals surface area contributed by atoms with Gasteiger partial charge in [0.25, 0.3) is 0 Å². The third-order valence-electron chi connectivity index (χ3n) is 3.82. The number of carbonyl (C=O) groups excluding carboxylic acids is 1. The van der Waals surface area contributed by atoms with E-state index in [0.717, 1.165) is 7.11 Å². The summed E-state index contributed by atoms with van der Waals surface area (Å²) in [6.07, 6.45) is -1.06. The van der Waals surface area contributed by atoms with E-state index in [1.54, 1.807) is 37.6 Å². The molecule has 0 aliphatic rings. The molecule has 0 spiro atoms. The van der Waals surface area contributed by atoms with Gasteiger partial charge in [0.2, 0.25) is 5.91 Å². The average Bonchev–Trinajstić information content (AvgIpc) is 3.08. The zero-order valence-electron chi connectivity index (χ0n) is 16.1. The third-order valence-corrected chi connectivity index (χ3v) is 4.09. The molecule has 2 N–H and O–H groups in total. The van der Waals surface area contributed by atoms with Gasteiger partial charge in [-0.25, -0.2) is 4.68 Å². The van der Waals surface area contributed by atoms with E-state index in [2.05, 4.69) is 10.1 Å². The van der Waals surface area contributed by atoms with E-state index < -0.39 is 19.0 Å². The van der Waals surface area contributed by atoms with Gasteiger partial charge in [-0.3, -0.25) is 9.78 Å². The number of aliphatic hydroxyl groups excluding tert-OH is 1. The Morgan fingerprint density at radius 1 is 1.31 bits per heavy atom. The zero-order chi connectivity index (χ0) is 22.0. The van der Waals surface area contributed by atoms with Crippen molar-refractivity contribution < 1.29 is 23.1 Å². The van der Waals surface area contributed by atoms with Crippen LogP contribution in [0.15, 0.2) is 30.7 Å². The second kappa shape index (κ2) is 11.5. The summed E-state index contributed by atoms with van der Waals surface area (Å²) in [6.45, 7) is 2.07. The van der Waals surface area contributed by atoms with Crippen LogP contribution in [0.4, 0.5) is 18.9 Å². The molecule has 160 valence electrons. The van der Waals surface area contributed by atoms with Gasteiger partial charge in [0.1, 0.15) is 5.69 Å². The summed E-state index contributed by atoms with van der Waals surface area (Å²) in [7, 11) is 1.00. The van der Waals surface area contributed by atoms with E-state index in [1.165, 1.54) is 9.58 Å². The van der Waals surface area contributed by atoms with Crippen LogP contribution in [0.25, 0.3) is 5.69 Å². The maximum absolute atomic E-state index is 12.5. The topological polar surface area (TPSA) is 95.1 Å². The number of carbonyl (C=O) groups is 1. The van der Waals surface area contributed by atoms with Crippen LogP contribution in [0.5, 0.6) is 0 Å². The Morgan fingerprint density at radius 2 is 2.00 bits per heavy atom. The van der Waals surface area contributed by atoms with Crippen molar-refractivity contribution in [1.82, 2.24) is 14.8 Å². The second-order valence-electron chi connectivity index (χ2n) is 5.82. The first-order valence-electron chi connectivity index (χ1n) is 8.75. The van der Waals surface area contributed by atoms with Crippen LogP contribution >= 0.6 is 11.6 Å². The summed E-state index contributed by atoms with van der Waals surface area (Å²) in [5.41, 5.74) is 0.965. The first-order valence-corrected chi connectivity index (χ1v) is 9.12. The first kappa shape index (κ1) is 24.6. The molecule has 0 aliphatic heterocycles. The fourth-order valence-electron chi connectivity index (χ4n) is 2.44. The molecule has 0 fully saturated rings. The molecular weight excluding hydrogens is 411 g/mol. The van der Waals surface area contributed by atoms with Gasteiger partial charge in [0, 0.05) is 38.4 Å². The van der Waals surface area contributed by atoms with Crippen LogP contribution in [0.2, 0.25) is 5.15 Å². The van der Waals surface area contributed by atoms with Crippen molar-refractivity contribution in [2.24, 2.45) is 0 Å². The lowest BCUT2D eigenvalue weighted by Crippen LogP contribution is -2.30. The van der Waals surface area contributed by atoms with E-state index in [1.807, 2.05) is 0 Å². The summed E-state index contributed by atoms with van der Waals surface area (Å²) >= 11 is 6.16. The standard InChI is InChI=1S/C17H19ClF3N5O.CH4O/c1-2-25(15(27)6-5-12(22)7-8-17(19,20)21)14-11-26(24-16(14)18)13-4-3-9-23-10-13;1-2/h3-4,9-11,22H,2,5-8H2,1H3;2H,1H3. The molecular formula is C18H23ClF3N5O2. The molecule has 2 rings (SSSR count). The van der Waals surface area contributed by atoms with Crippen molar-refractivity contribution in [3.63, 3.8) is 0 Å². The lowest BCUT2D eigenvalue weighted by Gasteiger charge is -2.19. The minimum Gasteiger partial charge on any atom is -0.400 e. The number of hydrogen-bond donors (Lipinski definition) is 2. The molecule has 7 nitrogen and oxygen atoms in total. The number of hydrogen-bond acceptors (Lipinski definition) is 5. The number of nitrogens with zero attached hydrogens (tertiary/aromatic N) is 4. The van der Waals surface area contributed by atoms with Crippen LogP contribution in [0.3, 0.4) is 0 Å². The molecule has 0 radical (unpaired) electrons. The summed E-state index contributed by atoms with van der Waals surface area (Å²) in [5, 5.41) is 18.9. The number of aromatic nitrogens is 3. The molecule has 0 saturated heterocycles. The Bertz CT molecular complexity index is 797. The molecule has 0 aliphatic carbocycles. The molecule has 0 saturated carbocycles. The molecule has 0 bridgehead atoms. The van der Waals surface area contributed by atoms with Gasteiger partial charge in [-0.15, -0.1) is 0 Å². The van der Waals surface area contributed by atoms with Crippen LogP contribution in [0, 0.1) is 5.41 Å². The van der Waals surface area contributed by atoms with Crippen molar-refractivity contribution in [3.8, 4) is 5.69 Å². The highest BCUT2D eigenvalue weighted by molar-refractivity contribution is 6.32.